The zero-order chi connectivity index (χ0) is 22.8. The van der Waals surface area contributed by atoms with Crippen LogP contribution in [0, 0.1) is 0 Å². The number of hydrogen-bond donors (Lipinski definition) is 2. The highest BCUT2D eigenvalue weighted by Gasteiger charge is 2.30. The Morgan fingerprint density at radius 3 is 2.32 bits per heavy atom. The van der Waals surface area contributed by atoms with Gasteiger partial charge in [-0.25, -0.2) is 26.8 Å². The normalized spacial score (nSPS) is 11.7. The Kier molecular flexibility index (Phi) is 6.04. The van der Waals surface area contributed by atoms with E-state index in [0.29, 0.717) is 20.7 Å². The average molecular weight is 465 g/mol. The minimum absolute atomic E-state index is 0.0365. The number of nitrogens with zero attached hydrogens (tertiary/aromatic N) is 3. The lowest BCUT2D eigenvalue weighted by molar-refractivity contribution is 0.416. The quantitative estimate of drug-likeness (QED) is 0.539. The van der Waals surface area contributed by atoms with Crippen LogP contribution >= 0.6 is 0 Å². The molecule has 0 fully saturated rings. The van der Waals surface area contributed by atoms with E-state index in [1.165, 1.54) is 43.6 Å². The summed E-state index contributed by atoms with van der Waals surface area (Å²) in [5.74, 6) is 0.386. The van der Waals surface area contributed by atoms with E-state index in [-0.39, 0.29) is 23.1 Å². The number of ether oxygens (including phenoxy) is 1. The van der Waals surface area contributed by atoms with E-state index in [2.05, 4.69) is 15.3 Å². The number of phenols is 1. The van der Waals surface area contributed by atoms with E-state index in [0.717, 1.165) is 12.5 Å². The predicted octanol–water partition coefficient (Wildman–Crippen LogP) is 2.33. The highest BCUT2D eigenvalue weighted by atomic mass is 32.3. The van der Waals surface area contributed by atoms with Gasteiger partial charge in [-0.1, -0.05) is 12.1 Å². The zero-order valence-electron chi connectivity index (χ0n) is 16.8. The van der Waals surface area contributed by atoms with Crippen LogP contribution in [0.15, 0.2) is 54.7 Å². The van der Waals surface area contributed by atoms with Crippen LogP contribution in [0.25, 0.3) is 11.3 Å². The third kappa shape index (κ3) is 5.22. The van der Waals surface area contributed by atoms with Crippen LogP contribution < -0.4 is 13.8 Å². The Hall–Kier alpha value is -3.38. The molecule has 0 saturated carbocycles. The second-order valence-corrected chi connectivity index (χ2v) is 10.4. The van der Waals surface area contributed by atoms with Gasteiger partial charge in [0.05, 0.1) is 25.3 Å². The van der Waals surface area contributed by atoms with Gasteiger partial charge in [-0.05, 0) is 30.3 Å². The van der Waals surface area contributed by atoms with Crippen molar-refractivity contribution >= 4 is 37.4 Å². The highest BCUT2D eigenvalue weighted by molar-refractivity contribution is 8.09. The molecule has 0 aliphatic carbocycles. The Balaban J connectivity index is 2.01. The molecular weight excluding hydrogens is 444 g/mol. The maximum absolute atomic E-state index is 12.1. The lowest BCUT2D eigenvalue weighted by Gasteiger charge is -2.22. The number of nitrogens with one attached hydrogen (secondary N) is 1. The van der Waals surface area contributed by atoms with Crippen molar-refractivity contribution < 1.29 is 26.7 Å². The summed E-state index contributed by atoms with van der Waals surface area (Å²) in [6.07, 6.45) is 3.11. The van der Waals surface area contributed by atoms with Crippen molar-refractivity contribution in [3.05, 3.63) is 54.7 Å². The molecule has 1 aromatic heterocycles. The topological polar surface area (TPSA) is 139 Å². The van der Waals surface area contributed by atoms with Gasteiger partial charge in [0.25, 0.3) is 0 Å². The fraction of sp³-hybridized carbons (Fsp3) is 0.158. The lowest BCUT2D eigenvalue weighted by atomic mass is 10.1. The second-order valence-electron chi connectivity index (χ2n) is 6.55. The molecule has 1 heterocycles. The van der Waals surface area contributed by atoms with Crippen LogP contribution in [-0.4, -0.2) is 51.5 Å². The van der Waals surface area contributed by atoms with Crippen molar-refractivity contribution in [1.82, 2.24) is 9.97 Å². The number of aromatic nitrogens is 2. The fourth-order valence-corrected chi connectivity index (χ4v) is 5.87. The van der Waals surface area contributed by atoms with E-state index < -0.39 is 20.0 Å². The minimum atomic E-state index is -4.12. The van der Waals surface area contributed by atoms with Gasteiger partial charge in [-0.3, -0.25) is 0 Å². The second kappa shape index (κ2) is 8.40. The van der Waals surface area contributed by atoms with Gasteiger partial charge in [0.1, 0.15) is 17.2 Å². The molecule has 0 aliphatic heterocycles. The summed E-state index contributed by atoms with van der Waals surface area (Å²) in [7, 11) is -6.94. The molecule has 0 spiro atoms. The molecule has 0 bridgehead atoms. The molecule has 0 radical (unpaired) electrons. The lowest BCUT2D eigenvalue weighted by Crippen LogP contribution is -2.35. The number of hydrogen-bond acceptors (Lipinski definition) is 9. The van der Waals surface area contributed by atoms with Crippen molar-refractivity contribution in [3.63, 3.8) is 0 Å². The number of anilines is 3. The third-order valence-corrected chi connectivity index (χ3v) is 7.26. The molecule has 0 saturated heterocycles. The summed E-state index contributed by atoms with van der Waals surface area (Å²) < 4.78 is 53.9. The number of aromatic hydroxyl groups is 1. The Morgan fingerprint density at radius 2 is 1.71 bits per heavy atom. The summed E-state index contributed by atoms with van der Waals surface area (Å²) in [4.78, 5) is 8.55. The van der Waals surface area contributed by atoms with Crippen molar-refractivity contribution in [2.24, 2.45) is 0 Å². The van der Waals surface area contributed by atoms with Gasteiger partial charge in [0, 0.05) is 23.5 Å². The molecule has 3 rings (SSSR count). The van der Waals surface area contributed by atoms with Gasteiger partial charge >= 0.3 is 0 Å². The van der Waals surface area contributed by atoms with E-state index >= 15 is 0 Å². The molecular formula is C19H20N4O6S2. The van der Waals surface area contributed by atoms with Gasteiger partial charge < -0.3 is 15.2 Å². The first kappa shape index (κ1) is 22.3. The first-order valence-corrected chi connectivity index (χ1v) is 12.5. The van der Waals surface area contributed by atoms with Crippen LogP contribution in [-0.2, 0) is 20.0 Å². The summed E-state index contributed by atoms with van der Waals surface area (Å²) in [6, 6.07) is 12.4. The van der Waals surface area contributed by atoms with Gasteiger partial charge in [-0.2, -0.15) is 3.71 Å². The average Bonchev–Trinajstić information content (AvgIpc) is 2.66. The van der Waals surface area contributed by atoms with Crippen molar-refractivity contribution in [2.75, 3.05) is 28.6 Å². The van der Waals surface area contributed by atoms with E-state index in [4.69, 9.17) is 4.74 Å². The zero-order valence-corrected chi connectivity index (χ0v) is 18.5. The Bertz CT molecular complexity index is 1290. The summed E-state index contributed by atoms with van der Waals surface area (Å²) in [5, 5.41) is 12.6. The van der Waals surface area contributed by atoms with Gasteiger partial charge in [0.2, 0.25) is 26.0 Å². The SMILES string of the molecule is COc1cc(-c2ccnc(Nc3cccc(O)c3)n2)ccc1N(S(C)(=O)=O)S(C)(=O)=O. The molecule has 31 heavy (non-hydrogen) atoms. The van der Waals surface area contributed by atoms with Crippen LogP contribution in [0.2, 0.25) is 0 Å². The van der Waals surface area contributed by atoms with Crippen LogP contribution in [0.3, 0.4) is 0 Å². The summed E-state index contributed by atoms with van der Waals surface area (Å²) in [6.45, 7) is 0. The Morgan fingerprint density at radius 1 is 1.00 bits per heavy atom. The molecule has 0 amide bonds. The molecule has 0 unspecified atom stereocenters. The highest BCUT2D eigenvalue weighted by Crippen LogP contribution is 2.35. The Labute approximate surface area is 180 Å². The number of methoxy groups -OCH3 is 1. The maximum atomic E-state index is 12.1. The number of benzene rings is 2. The first-order chi connectivity index (χ1) is 14.5. The molecule has 12 heteroatoms. The molecule has 164 valence electrons. The molecule has 2 N–H and O–H groups in total. The molecule has 3 aromatic rings. The third-order valence-electron chi connectivity index (χ3n) is 4.03. The fourth-order valence-electron chi connectivity index (χ4n) is 2.88. The summed E-state index contributed by atoms with van der Waals surface area (Å²) in [5.41, 5.74) is 1.47. The van der Waals surface area contributed by atoms with Crippen molar-refractivity contribution in [3.8, 4) is 22.8 Å². The molecule has 10 nitrogen and oxygen atoms in total. The van der Waals surface area contributed by atoms with Crippen LogP contribution in [0.5, 0.6) is 11.5 Å². The number of rotatable bonds is 7. The van der Waals surface area contributed by atoms with Crippen molar-refractivity contribution in [2.45, 2.75) is 0 Å². The number of sulfonamides is 2. The van der Waals surface area contributed by atoms with E-state index in [9.17, 15) is 21.9 Å². The predicted molar refractivity (Wildman–Crippen MR) is 118 cm³/mol. The van der Waals surface area contributed by atoms with Gasteiger partial charge in [0.15, 0.2) is 0 Å². The largest absolute Gasteiger partial charge is 0.508 e. The van der Waals surface area contributed by atoms with E-state index in [1.54, 1.807) is 18.2 Å². The van der Waals surface area contributed by atoms with E-state index in [1.807, 2.05) is 0 Å². The first-order valence-electron chi connectivity index (χ1n) is 8.77. The van der Waals surface area contributed by atoms with Crippen LogP contribution in [0.4, 0.5) is 17.3 Å². The summed E-state index contributed by atoms with van der Waals surface area (Å²) >= 11 is 0. The number of phenolic OH excluding ortho intramolecular Hbond substituents is 1. The minimum Gasteiger partial charge on any atom is -0.508 e. The molecule has 0 aliphatic rings. The van der Waals surface area contributed by atoms with Crippen LogP contribution in [0.1, 0.15) is 0 Å². The maximum Gasteiger partial charge on any atom is 0.245 e. The van der Waals surface area contributed by atoms with Gasteiger partial charge in [-0.15, -0.1) is 0 Å². The monoisotopic (exact) mass is 464 g/mol. The molecule has 0 atom stereocenters. The smallest absolute Gasteiger partial charge is 0.245 e. The standard InChI is InChI=1S/C19H20N4O6S2/c1-29-18-11-13(7-8-17(18)23(30(2,25)26)31(3,27)28)16-9-10-20-19(22-16)21-14-5-4-6-15(24)12-14/h4-12,24H,1-3H3,(H,20,21,22). The van der Waals surface area contributed by atoms with Crippen molar-refractivity contribution in [1.29, 1.82) is 0 Å². The molecule has 2 aromatic carbocycles.